The summed E-state index contributed by atoms with van der Waals surface area (Å²) in [5, 5.41) is 23.9. The molecule has 0 unspecified atom stereocenters. The average molecular weight is 330 g/mol. The van der Waals surface area contributed by atoms with E-state index in [0.29, 0.717) is 9.47 Å². The Kier molecular flexibility index (Phi) is 4.93. The quantitative estimate of drug-likeness (QED) is 0.575. The van der Waals surface area contributed by atoms with Crippen molar-refractivity contribution in [2.75, 3.05) is 10.6 Å². The van der Waals surface area contributed by atoms with E-state index in [9.17, 15) is 9.59 Å². The molecular weight excluding hydrogens is 320 g/mol. The number of thiophene rings is 1. The van der Waals surface area contributed by atoms with Gasteiger partial charge in [0.2, 0.25) is 5.13 Å². The predicted molar refractivity (Wildman–Crippen MR) is 79.8 cm³/mol. The van der Waals surface area contributed by atoms with Gasteiger partial charge in [-0.15, -0.1) is 21.5 Å². The number of aliphatic carboxylic acids is 1. The fourth-order valence-electron chi connectivity index (χ4n) is 1.10. The van der Waals surface area contributed by atoms with Gasteiger partial charge in [0, 0.05) is 0 Å². The van der Waals surface area contributed by atoms with Crippen LogP contribution in [0.5, 0.6) is 0 Å². The minimum absolute atomic E-state index is 0.319. The highest BCUT2D eigenvalue weighted by atomic mass is 32.2. The van der Waals surface area contributed by atoms with Gasteiger partial charge >= 0.3 is 12.0 Å². The number of rotatable bonds is 5. The summed E-state index contributed by atoms with van der Waals surface area (Å²) >= 11 is 3.61. The van der Waals surface area contributed by atoms with Gasteiger partial charge in [-0.1, -0.05) is 23.1 Å². The minimum atomic E-state index is -0.921. The van der Waals surface area contributed by atoms with E-state index in [-0.39, 0.29) is 0 Å². The Bertz CT molecular complexity index is 599. The first kappa shape index (κ1) is 14.8. The van der Waals surface area contributed by atoms with Crippen molar-refractivity contribution in [1.29, 1.82) is 0 Å². The number of anilines is 2. The first-order chi connectivity index (χ1) is 9.54. The number of thioether (sulfide) groups is 1. The summed E-state index contributed by atoms with van der Waals surface area (Å²) in [6.45, 7) is 1.56. The van der Waals surface area contributed by atoms with Gasteiger partial charge in [-0.05, 0) is 24.4 Å². The monoisotopic (exact) mass is 330 g/mol. The number of aromatic nitrogens is 2. The van der Waals surface area contributed by atoms with Crippen LogP contribution >= 0.6 is 34.4 Å². The van der Waals surface area contributed by atoms with Crippen molar-refractivity contribution in [3.8, 4) is 0 Å². The third-order valence-corrected chi connectivity index (χ3v) is 4.81. The molecule has 2 heterocycles. The van der Waals surface area contributed by atoms with Crippen molar-refractivity contribution >= 4 is 56.6 Å². The van der Waals surface area contributed by atoms with Crippen LogP contribution in [-0.2, 0) is 4.79 Å². The Hall–Kier alpha value is -1.65. The molecule has 2 rings (SSSR count). The van der Waals surface area contributed by atoms with Gasteiger partial charge in [-0.3, -0.25) is 15.4 Å². The number of carboxylic acid groups (broad SMARTS) is 1. The Morgan fingerprint density at radius 2 is 2.20 bits per heavy atom. The maximum Gasteiger partial charge on any atom is 0.326 e. The predicted octanol–water partition coefficient (Wildman–Crippen LogP) is 2.81. The summed E-state index contributed by atoms with van der Waals surface area (Å²) in [7, 11) is 0. The zero-order chi connectivity index (χ0) is 14.5. The molecule has 106 valence electrons. The van der Waals surface area contributed by atoms with Crippen LogP contribution < -0.4 is 10.6 Å². The van der Waals surface area contributed by atoms with Gasteiger partial charge in [0.25, 0.3) is 0 Å². The average Bonchev–Trinajstić information content (AvgIpc) is 3.01. The number of nitrogens with one attached hydrogen (secondary N) is 2. The number of urea groups is 1. The molecule has 0 spiro atoms. The summed E-state index contributed by atoms with van der Waals surface area (Å²) < 4.78 is 0.492. The summed E-state index contributed by atoms with van der Waals surface area (Å²) in [6, 6.07) is 3.19. The van der Waals surface area contributed by atoms with Crippen LogP contribution in [0.25, 0.3) is 0 Å². The maximum absolute atomic E-state index is 11.6. The normalized spacial score (nSPS) is 11.8. The topological polar surface area (TPSA) is 104 Å². The molecule has 2 amide bonds. The highest BCUT2D eigenvalue weighted by molar-refractivity contribution is 8.02. The summed E-state index contributed by atoms with van der Waals surface area (Å²) in [6.07, 6.45) is 0. The SMILES string of the molecule is C[C@@H](Sc1nnc(NC(=O)Nc2cccs2)s1)C(=O)O. The van der Waals surface area contributed by atoms with Crippen LogP contribution in [0.15, 0.2) is 21.9 Å². The molecule has 20 heavy (non-hydrogen) atoms. The number of amides is 2. The Morgan fingerprint density at radius 1 is 1.40 bits per heavy atom. The number of nitrogens with zero attached hydrogens (tertiary/aromatic N) is 2. The second-order valence-electron chi connectivity index (χ2n) is 3.53. The van der Waals surface area contributed by atoms with Gasteiger partial charge in [0.1, 0.15) is 5.25 Å². The standard InChI is InChI=1S/C10H10N4O3S3/c1-5(7(15)16)19-10-14-13-9(20-10)12-8(17)11-6-3-2-4-18-6/h2-5H,1H3,(H,15,16)(H2,11,12,13,17)/t5-/m1/s1. The zero-order valence-electron chi connectivity index (χ0n) is 10.2. The lowest BCUT2D eigenvalue weighted by atomic mass is 10.5. The van der Waals surface area contributed by atoms with Crippen molar-refractivity contribution in [1.82, 2.24) is 10.2 Å². The molecule has 3 N–H and O–H groups in total. The molecule has 0 saturated heterocycles. The van der Waals surface area contributed by atoms with E-state index < -0.39 is 17.3 Å². The number of hydrogen-bond acceptors (Lipinski definition) is 7. The van der Waals surface area contributed by atoms with E-state index in [2.05, 4.69) is 20.8 Å². The Morgan fingerprint density at radius 3 is 2.85 bits per heavy atom. The lowest BCUT2D eigenvalue weighted by molar-refractivity contribution is -0.136. The molecule has 2 aromatic heterocycles. The molecule has 10 heteroatoms. The van der Waals surface area contributed by atoms with Gasteiger partial charge in [-0.25, -0.2) is 4.79 Å². The van der Waals surface area contributed by atoms with E-state index in [0.717, 1.165) is 28.1 Å². The van der Waals surface area contributed by atoms with Gasteiger partial charge < -0.3 is 5.11 Å². The first-order valence-electron chi connectivity index (χ1n) is 5.39. The fraction of sp³-hybridized carbons (Fsp3) is 0.200. The zero-order valence-corrected chi connectivity index (χ0v) is 12.6. The maximum atomic E-state index is 11.6. The molecule has 1 atom stereocenters. The molecule has 0 aliphatic carbocycles. The fourth-order valence-corrected chi connectivity index (χ4v) is 3.54. The molecule has 0 bridgehead atoms. The van der Waals surface area contributed by atoms with Crippen LogP contribution in [0, 0.1) is 0 Å². The lowest BCUT2D eigenvalue weighted by Crippen LogP contribution is -2.18. The molecular formula is C10H10N4O3S3. The van der Waals surface area contributed by atoms with E-state index >= 15 is 0 Å². The Labute approximate surface area is 126 Å². The van der Waals surface area contributed by atoms with Gasteiger partial charge in [0.05, 0.1) is 5.00 Å². The number of carbonyl (C=O) groups is 2. The molecule has 0 saturated carbocycles. The van der Waals surface area contributed by atoms with Crippen LogP contribution in [0.4, 0.5) is 14.9 Å². The van der Waals surface area contributed by atoms with E-state index in [1.54, 1.807) is 13.0 Å². The molecule has 0 radical (unpaired) electrons. The Balaban J connectivity index is 1.89. The number of carboxylic acids is 1. The van der Waals surface area contributed by atoms with Crippen molar-refractivity contribution in [3.05, 3.63) is 17.5 Å². The third-order valence-electron chi connectivity index (χ3n) is 2.01. The molecule has 7 nitrogen and oxygen atoms in total. The largest absolute Gasteiger partial charge is 0.480 e. The van der Waals surface area contributed by atoms with Crippen molar-refractivity contribution in [2.45, 2.75) is 16.5 Å². The highest BCUT2D eigenvalue weighted by Crippen LogP contribution is 2.29. The van der Waals surface area contributed by atoms with Crippen LogP contribution in [0.2, 0.25) is 0 Å². The summed E-state index contributed by atoms with van der Waals surface area (Å²) in [5.74, 6) is -0.921. The summed E-state index contributed by atoms with van der Waals surface area (Å²) in [4.78, 5) is 22.4. The van der Waals surface area contributed by atoms with Crippen molar-refractivity contribution < 1.29 is 14.7 Å². The molecule has 0 aliphatic rings. The van der Waals surface area contributed by atoms with Crippen molar-refractivity contribution in [2.24, 2.45) is 0 Å². The number of carbonyl (C=O) groups excluding carboxylic acids is 1. The first-order valence-corrected chi connectivity index (χ1v) is 7.96. The molecule has 0 aliphatic heterocycles. The van der Waals surface area contributed by atoms with Crippen LogP contribution in [0.1, 0.15) is 6.92 Å². The van der Waals surface area contributed by atoms with Crippen molar-refractivity contribution in [3.63, 3.8) is 0 Å². The molecule has 0 fully saturated rings. The van der Waals surface area contributed by atoms with E-state index in [1.165, 1.54) is 11.3 Å². The second-order valence-corrected chi connectivity index (χ2v) is 7.04. The minimum Gasteiger partial charge on any atom is -0.480 e. The van der Waals surface area contributed by atoms with Gasteiger partial charge in [0.15, 0.2) is 4.34 Å². The smallest absolute Gasteiger partial charge is 0.326 e. The number of hydrogen-bond donors (Lipinski definition) is 3. The molecule has 0 aromatic carbocycles. The highest BCUT2D eigenvalue weighted by Gasteiger charge is 2.16. The third kappa shape index (κ3) is 4.18. The van der Waals surface area contributed by atoms with E-state index in [4.69, 9.17) is 5.11 Å². The second kappa shape index (κ2) is 6.68. The summed E-state index contributed by atoms with van der Waals surface area (Å²) in [5.41, 5.74) is 0. The van der Waals surface area contributed by atoms with Crippen LogP contribution in [0.3, 0.4) is 0 Å². The molecule has 2 aromatic rings. The van der Waals surface area contributed by atoms with Crippen LogP contribution in [-0.4, -0.2) is 32.6 Å². The van der Waals surface area contributed by atoms with E-state index in [1.807, 2.05) is 11.4 Å². The lowest BCUT2D eigenvalue weighted by Gasteiger charge is -2.01. The van der Waals surface area contributed by atoms with Gasteiger partial charge in [-0.2, -0.15) is 0 Å².